The number of pyridine rings is 1. The number of carbonyl (C=O) groups excluding carboxylic acids is 1. The zero-order valence-corrected chi connectivity index (χ0v) is 12.7. The number of amides is 1. The molecule has 0 fully saturated rings. The van der Waals surface area contributed by atoms with Gasteiger partial charge in [0.05, 0.1) is 6.61 Å². The highest BCUT2D eigenvalue weighted by Crippen LogP contribution is 2.08. The smallest absolute Gasteiger partial charge is 0.270 e. The predicted octanol–water partition coefficient (Wildman–Crippen LogP) is 2.92. The number of rotatable bonds is 5. The predicted molar refractivity (Wildman–Crippen MR) is 80.3 cm³/mol. The Bertz CT molecular complexity index is 602. The van der Waals surface area contributed by atoms with Crippen LogP contribution in [0.25, 0.3) is 0 Å². The summed E-state index contributed by atoms with van der Waals surface area (Å²) in [4.78, 5) is 16.1. The number of aromatic nitrogens is 1. The lowest BCUT2D eigenvalue weighted by atomic mass is 10.1. The molecule has 104 valence electrons. The topological polar surface area (TPSA) is 51.2 Å². The van der Waals surface area contributed by atoms with Crippen molar-refractivity contribution in [3.63, 3.8) is 0 Å². The van der Waals surface area contributed by atoms with Gasteiger partial charge in [0.15, 0.2) is 0 Å². The molecule has 0 saturated carbocycles. The third-order valence-corrected chi connectivity index (χ3v) is 3.14. The SMILES string of the molecule is COCc1cccc(CNC(=O)c2cccc(Br)n2)c1. The van der Waals surface area contributed by atoms with E-state index in [4.69, 9.17) is 4.74 Å². The zero-order chi connectivity index (χ0) is 14.4. The zero-order valence-electron chi connectivity index (χ0n) is 11.1. The first-order valence-corrected chi connectivity index (χ1v) is 6.96. The molecule has 0 unspecified atom stereocenters. The molecule has 0 radical (unpaired) electrons. The Morgan fingerprint density at radius 1 is 1.25 bits per heavy atom. The van der Waals surface area contributed by atoms with Crippen molar-refractivity contribution >= 4 is 21.8 Å². The molecule has 2 aromatic rings. The summed E-state index contributed by atoms with van der Waals surface area (Å²) >= 11 is 3.25. The summed E-state index contributed by atoms with van der Waals surface area (Å²) in [6, 6.07) is 13.2. The fourth-order valence-corrected chi connectivity index (χ4v) is 2.15. The molecular weight excluding hydrogens is 320 g/mol. The minimum absolute atomic E-state index is 0.191. The molecule has 2 rings (SSSR count). The number of halogens is 1. The highest BCUT2D eigenvalue weighted by atomic mass is 79.9. The quantitative estimate of drug-likeness (QED) is 0.855. The van der Waals surface area contributed by atoms with Crippen LogP contribution in [0.4, 0.5) is 0 Å². The van der Waals surface area contributed by atoms with Gasteiger partial charge in [0.2, 0.25) is 0 Å². The first-order chi connectivity index (χ1) is 9.69. The van der Waals surface area contributed by atoms with Gasteiger partial charge in [0.25, 0.3) is 5.91 Å². The van der Waals surface area contributed by atoms with Crippen LogP contribution in [0.2, 0.25) is 0 Å². The van der Waals surface area contributed by atoms with E-state index in [-0.39, 0.29) is 5.91 Å². The molecule has 0 aliphatic carbocycles. The molecule has 1 heterocycles. The molecular formula is C15H15BrN2O2. The van der Waals surface area contributed by atoms with Gasteiger partial charge in [0, 0.05) is 13.7 Å². The average molecular weight is 335 g/mol. The Balaban J connectivity index is 1.98. The number of carbonyl (C=O) groups is 1. The summed E-state index contributed by atoms with van der Waals surface area (Å²) in [5, 5.41) is 2.85. The van der Waals surface area contributed by atoms with Crippen LogP contribution in [0.15, 0.2) is 47.1 Å². The van der Waals surface area contributed by atoms with Gasteiger partial charge in [-0.25, -0.2) is 4.98 Å². The van der Waals surface area contributed by atoms with Crippen LogP contribution in [0.3, 0.4) is 0 Å². The summed E-state index contributed by atoms with van der Waals surface area (Å²) < 4.78 is 5.73. The van der Waals surface area contributed by atoms with E-state index >= 15 is 0 Å². The Hall–Kier alpha value is -1.72. The first kappa shape index (κ1) is 14.7. The van der Waals surface area contributed by atoms with Crippen LogP contribution in [-0.2, 0) is 17.9 Å². The molecule has 0 saturated heterocycles. The van der Waals surface area contributed by atoms with E-state index < -0.39 is 0 Å². The van der Waals surface area contributed by atoms with E-state index in [1.807, 2.05) is 24.3 Å². The summed E-state index contributed by atoms with van der Waals surface area (Å²) in [6.45, 7) is 1.03. The van der Waals surface area contributed by atoms with Crippen molar-refractivity contribution in [2.45, 2.75) is 13.2 Å². The Kier molecular flexibility index (Phi) is 5.26. The number of hydrogen-bond donors (Lipinski definition) is 1. The maximum atomic E-state index is 12.0. The largest absolute Gasteiger partial charge is 0.380 e. The van der Waals surface area contributed by atoms with Crippen LogP contribution < -0.4 is 5.32 Å². The maximum absolute atomic E-state index is 12.0. The number of benzene rings is 1. The normalized spacial score (nSPS) is 10.3. The van der Waals surface area contributed by atoms with Crippen LogP contribution in [0.1, 0.15) is 21.6 Å². The highest BCUT2D eigenvalue weighted by Gasteiger charge is 2.07. The summed E-state index contributed by atoms with van der Waals surface area (Å²) in [5.74, 6) is -0.191. The van der Waals surface area contributed by atoms with Crippen molar-refractivity contribution in [3.05, 3.63) is 63.9 Å². The van der Waals surface area contributed by atoms with Crippen molar-refractivity contribution in [2.75, 3.05) is 7.11 Å². The second kappa shape index (κ2) is 7.17. The van der Waals surface area contributed by atoms with Crippen molar-refractivity contribution in [1.29, 1.82) is 0 Å². The van der Waals surface area contributed by atoms with Gasteiger partial charge in [-0.2, -0.15) is 0 Å². The third-order valence-electron chi connectivity index (χ3n) is 2.70. The molecule has 1 aromatic carbocycles. The molecule has 20 heavy (non-hydrogen) atoms. The van der Waals surface area contributed by atoms with Crippen molar-refractivity contribution in [1.82, 2.24) is 10.3 Å². The molecule has 1 amide bonds. The molecule has 0 atom stereocenters. The van der Waals surface area contributed by atoms with Gasteiger partial charge in [-0.15, -0.1) is 0 Å². The molecule has 0 spiro atoms. The highest BCUT2D eigenvalue weighted by molar-refractivity contribution is 9.10. The summed E-state index contributed by atoms with van der Waals surface area (Å²) in [7, 11) is 1.66. The van der Waals surface area contributed by atoms with E-state index in [2.05, 4.69) is 26.2 Å². The second-order valence-electron chi connectivity index (χ2n) is 4.28. The third kappa shape index (κ3) is 4.15. The van der Waals surface area contributed by atoms with Gasteiger partial charge in [-0.1, -0.05) is 30.3 Å². The minimum atomic E-state index is -0.191. The number of nitrogens with zero attached hydrogens (tertiary/aromatic N) is 1. The first-order valence-electron chi connectivity index (χ1n) is 6.16. The standard InChI is InChI=1S/C15H15BrN2O2/c1-20-10-12-5-2-4-11(8-12)9-17-15(19)13-6-3-7-14(16)18-13/h2-8H,9-10H2,1H3,(H,17,19). The van der Waals surface area contributed by atoms with Gasteiger partial charge in [0.1, 0.15) is 10.3 Å². The van der Waals surface area contributed by atoms with Gasteiger partial charge in [-0.05, 0) is 39.2 Å². The Labute approximate surface area is 126 Å². The number of nitrogens with one attached hydrogen (secondary N) is 1. The fraction of sp³-hybridized carbons (Fsp3) is 0.200. The van der Waals surface area contributed by atoms with E-state index in [1.165, 1.54) is 0 Å². The minimum Gasteiger partial charge on any atom is -0.380 e. The van der Waals surface area contributed by atoms with Crippen LogP contribution in [-0.4, -0.2) is 18.0 Å². The molecule has 0 aliphatic rings. The summed E-state index contributed by atoms with van der Waals surface area (Å²) in [6.07, 6.45) is 0. The fourth-order valence-electron chi connectivity index (χ4n) is 1.80. The molecule has 1 aromatic heterocycles. The second-order valence-corrected chi connectivity index (χ2v) is 5.09. The Morgan fingerprint density at radius 2 is 2.00 bits per heavy atom. The lowest BCUT2D eigenvalue weighted by Crippen LogP contribution is -2.23. The van der Waals surface area contributed by atoms with Crippen molar-refractivity contribution in [3.8, 4) is 0 Å². The average Bonchev–Trinajstić information content (AvgIpc) is 2.45. The van der Waals surface area contributed by atoms with Gasteiger partial charge >= 0.3 is 0 Å². The van der Waals surface area contributed by atoms with Gasteiger partial charge < -0.3 is 10.1 Å². The van der Waals surface area contributed by atoms with E-state index in [9.17, 15) is 4.79 Å². The summed E-state index contributed by atoms with van der Waals surface area (Å²) in [5.41, 5.74) is 2.51. The maximum Gasteiger partial charge on any atom is 0.270 e. The van der Waals surface area contributed by atoms with E-state index in [0.29, 0.717) is 23.4 Å². The number of methoxy groups -OCH3 is 1. The van der Waals surface area contributed by atoms with Gasteiger partial charge in [-0.3, -0.25) is 4.79 Å². The van der Waals surface area contributed by atoms with Crippen LogP contribution >= 0.6 is 15.9 Å². The lowest BCUT2D eigenvalue weighted by molar-refractivity contribution is 0.0945. The van der Waals surface area contributed by atoms with Crippen molar-refractivity contribution < 1.29 is 9.53 Å². The number of ether oxygens (including phenoxy) is 1. The Morgan fingerprint density at radius 3 is 2.75 bits per heavy atom. The molecule has 0 aliphatic heterocycles. The molecule has 4 nitrogen and oxygen atoms in total. The van der Waals surface area contributed by atoms with Crippen LogP contribution in [0, 0.1) is 0 Å². The molecule has 0 bridgehead atoms. The molecule has 5 heteroatoms. The lowest BCUT2D eigenvalue weighted by Gasteiger charge is -2.07. The van der Waals surface area contributed by atoms with Crippen molar-refractivity contribution in [2.24, 2.45) is 0 Å². The monoisotopic (exact) mass is 334 g/mol. The number of hydrogen-bond acceptors (Lipinski definition) is 3. The molecule has 1 N–H and O–H groups in total. The van der Waals surface area contributed by atoms with Crippen LogP contribution in [0.5, 0.6) is 0 Å². The van der Waals surface area contributed by atoms with E-state index in [0.717, 1.165) is 11.1 Å². The van der Waals surface area contributed by atoms with E-state index in [1.54, 1.807) is 25.3 Å².